The van der Waals surface area contributed by atoms with Crippen LogP contribution in [0.5, 0.6) is 0 Å². The van der Waals surface area contributed by atoms with E-state index >= 15 is 0 Å². The molecule has 1 aliphatic carbocycles. The minimum atomic E-state index is -0.0580. The van der Waals surface area contributed by atoms with Gasteiger partial charge >= 0.3 is 0 Å². The fourth-order valence-electron chi connectivity index (χ4n) is 4.81. The number of nitrogens with zero attached hydrogens (tertiary/aromatic N) is 1. The predicted molar refractivity (Wildman–Crippen MR) is 120 cm³/mol. The third kappa shape index (κ3) is 3.29. The van der Waals surface area contributed by atoms with Gasteiger partial charge in [-0.1, -0.05) is 36.4 Å². The normalized spacial score (nSPS) is 19.1. The van der Waals surface area contributed by atoms with Crippen LogP contribution in [0.4, 0.5) is 0 Å². The van der Waals surface area contributed by atoms with Crippen LogP contribution in [0.15, 0.2) is 65.1 Å². The summed E-state index contributed by atoms with van der Waals surface area (Å²) >= 11 is 1.75. The van der Waals surface area contributed by atoms with Crippen LogP contribution in [-0.4, -0.2) is 28.6 Å². The van der Waals surface area contributed by atoms with E-state index < -0.39 is 0 Å². The maximum absolute atomic E-state index is 13.5. The van der Waals surface area contributed by atoms with Gasteiger partial charge in [0, 0.05) is 33.6 Å². The molecule has 1 amide bonds. The van der Waals surface area contributed by atoms with Gasteiger partial charge in [0.25, 0.3) is 0 Å². The molecule has 1 aliphatic heterocycles. The predicted octanol–water partition coefficient (Wildman–Crippen LogP) is 5.86. The molecule has 2 aromatic carbocycles. The van der Waals surface area contributed by atoms with E-state index in [1.54, 1.807) is 11.8 Å². The first-order valence-electron chi connectivity index (χ1n) is 10.5. The molecule has 0 radical (unpaired) electrons. The van der Waals surface area contributed by atoms with Crippen LogP contribution in [0.3, 0.4) is 0 Å². The van der Waals surface area contributed by atoms with Gasteiger partial charge in [-0.25, -0.2) is 0 Å². The average Bonchev–Trinajstić information content (AvgIpc) is 3.17. The molecule has 0 unspecified atom stereocenters. The lowest BCUT2D eigenvalue weighted by molar-refractivity contribution is -0.129. The van der Waals surface area contributed by atoms with Gasteiger partial charge in [-0.2, -0.15) is 0 Å². The van der Waals surface area contributed by atoms with E-state index in [1.807, 2.05) is 0 Å². The van der Waals surface area contributed by atoms with E-state index in [4.69, 9.17) is 0 Å². The van der Waals surface area contributed by atoms with Crippen LogP contribution in [-0.2, 0) is 11.2 Å². The number of nitrogens with one attached hydrogen (secondary N) is 1. The van der Waals surface area contributed by atoms with Crippen molar-refractivity contribution in [1.82, 2.24) is 9.88 Å². The molecule has 1 aromatic heterocycles. The molecule has 3 aromatic rings. The number of amides is 1. The van der Waals surface area contributed by atoms with Crippen molar-refractivity contribution in [1.29, 1.82) is 0 Å². The van der Waals surface area contributed by atoms with Crippen LogP contribution >= 0.6 is 11.8 Å². The van der Waals surface area contributed by atoms with Gasteiger partial charge < -0.3 is 9.88 Å². The lowest BCUT2D eigenvalue weighted by Gasteiger charge is -2.37. The molecule has 0 saturated heterocycles. The number of benzene rings is 2. The third-order valence-electron chi connectivity index (χ3n) is 6.29. The second-order valence-electron chi connectivity index (χ2n) is 7.96. The van der Waals surface area contributed by atoms with Crippen molar-refractivity contribution >= 4 is 28.6 Å². The smallest absolute Gasteiger partial charge is 0.250 e. The Hall–Kier alpha value is -2.46. The summed E-state index contributed by atoms with van der Waals surface area (Å²) in [5.41, 5.74) is 5.89. The highest BCUT2D eigenvalue weighted by atomic mass is 32.2. The van der Waals surface area contributed by atoms with Crippen molar-refractivity contribution in [2.24, 2.45) is 0 Å². The molecular weight excluding hydrogens is 376 g/mol. The second-order valence-corrected chi connectivity index (χ2v) is 8.84. The highest BCUT2D eigenvalue weighted by Gasteiger charge is 2.35. The van der Waals surface area contributed by atoms with E-state index in [-0.39, 0.29) is 11.9 Å². The maximum atomic E-state index is 13.5. The lowest BCUT2D eigenvalue weighted by atomic mass is 9.90. The molecule has 1 atom stereocenters. The van der Waals surface area contributed by atoms with E-state index in [1.165, 1.54) is 33.5 Å². The fraction of sp³-hybridized carbons (Fsp3) is 0.320. The number of allylic oxidation sites excluding steroid dienone is 1. The number of carbonyl (C=O) groups is 1. The zero-order valence-corrected chi connectivity index (χ0v) is 17.6. The molecule has 5 rings (SSSR count). The van der Waals surface area contributed by atoms with Crippen molar-refractivity contribution in [2.45, 2.75) is 43.0 Å². The number of thioether (sulfide) groups is 1. The minimum Gasteiger partial charge on any atom is -0.356 e. The standard InChI is InChI=1S/C25H26N2OS/c1-29-19-13-11-17(12-14-19)24-23-21(20-9-5-6-10-22(20)26-23)15-16-27(24)25(28)18-7-3-2-4-8-18/h5-7,9-14,24,26H,2-4,8,15-16H2,1H3/t24-/m1/s1. The van der Waals surface area contributed by atoms with Crippen molar-refractivity contribution in [3.05, 3.63) is 77.0 Å². The van der Waals surface area contributed by atoms with E-state index in [2.05, 4.69) is 70.7 Å². The number of carbonyl (C=O) groups excluding carboxylic acids is 1. The summed E-state index contributed by atoms with van der Waals surface area (Å²) in [5.74, 6) is 0.216. The summed E-state index contributed by atoms with van der Waals surface area (Å²) in [4.78, 5) is 20.5. The Kier molecular flexibility index (Phi) is 4.96. The van der Waals surface area contributed by atoms with E-state index in [9.17, 15) is 4.79 Å². The van der Waals surface area contributed by atoms with Crippen molar-refractivity contribution in [2.75, 3.05) is 12.8 Å². The Morgan fingerprint density at radius 3 is 2.66 bits per heavy atom. The van der Waals surface area contributed by atoms with Crippen LogP contribution < -0.4 is 0 Å². The number of rotatable bonds is 3. The molecule has 0 spiro atoms. The lowest BCUT2D eigenvalue weighted by Crippen LogP contribution is -2.41. The number of fused-ring (bicyclic) bond motifs is 3. The highest BCUT2D eigenvalue weighted by molar-refractivity contribution is 7.98. The quantitative estimate of drug-likeness (QED) is 0.557. The van der Waals surface area contributed by atoms with Crippen molar-refractivity contribution < 1.29 is 4.79 Å². The van der Waals surface area contributed by atoms with Crippen LogP contribution in [0.25, 0.3) is 10.9 Å². The van der Waals surface area contributed by atoms with Crippen molar-refractivity contribution in [3.63, 3.8) is 0 Å². The number of aromatic amines is 1. The summed E-state index contributed by atoms with van der Waals surface area (Å²) in [6, 6.07) is 17.2. The molecule has 29 heavy (non-hydrogen) atoms. The summed E-state index contributed by atoms with van der Waals surface area (Å²) in [6.45, 7) is 0.764. The molecule has 2 heterocycles. The second kappa shape index (κ2) is 7.75. The number of para-hydroxylation sites is 1. The topological polar surface area (TPSA) is 36.1 Å². The first-order valence-corrected chi connectivity index (χ1v) is 11.7. The Balaban J connectivity index is 1.62. The number of hydrogen-bond donors (Lipinski definition) is 1. The summed E-state index contributed by atoms with van der Waals surface area (Å²) in [7, 11) is 0. The molecule has 1 N–H and O–H groups in total. The van der Waals surface area contributed by atoms with Crippen molar-refractivity contribution in [3.8, 4) is 0 Å². The van der Waals surface area contributed by atoms with Gasteiger partial charge in [-0.15, -0.1) is 11.8 Å². The molecule has 4 heteroatoms. The Morgan fingerprint density at radius 2 is 1.90 bits per heavy atom. The summed E-state index contributed by atoms with van der Waals surface area (Å²) < 4.78 is 0. The third-order valence-corrected chi connectivity index (χ3v) is 7.04. The fourth-order valence-corrected chi connectivity index (χ4v) is 5.22. The van der Waals surface area contributed by atoms with E-state index in [0.29, 0.717) is 0 Å². The monoisotopic (exact) mass is 402 g/mol. The molecule has 0 saturated carbocycles. The summed E-state index contributed by atoms with van der Waals surface area (Å²) in [6.07, 6.45) is 9.42. The van der Waals surface area contributed by atoms with Gasteiger partial charge in [0.05, 0.1) is 6.04 Å². The van der Waals surface area contributed by atoms with Gasteiger partial charge in [0.1, 0.15) is 0 Å². The molecule has 0 fully saturated rings. The van der Waals surface area contributed by atoms with Crippen LogP contribution in [0, 0.1) is 0 Å². The zero-order chi connectivity index (χ0) is 19.8. The zero-order valence-electron chi connectivity index (χ0n) is 16.8. The SMILES string of the molecule is CSc1ccc([C@@H]2c3[nH]c4ccccc4c3CCN2C(=O)C2=CCCCC2)cc1. The van der Waals surface area contributed by atoms with Crippen LogP contribution in [0.2, 0.25) is 0 Å². The molecule has 148 valence electrons. The molecule has 2 aliphatic rings. The maximum Gasteiger partial charge on any atom is 0.250 e. The molecule has 0 bridgehead atoms. The Bertz CT molecular complexity index is 1080. The number of hydrogen-bond acceptors (Lipinski definition) is 2. The van der Waals surface area contributed by atoms with Gasteiger partial charge in [0.15, 0.2) is 0 Å². The van der Waals surface area contributed by atoms with Gasteiger partial charge in [-0.05, 0) is 67.7 Å². The van der Waals surface area contributed by atoms with E-state index in [0.717, 1.165) is 43.3 Å². The molecule has 3 nitrogen and oxygen atoms in total. The minimum absolute atomic E-state index is 0.0580. The number of H-pyrrole nitrogens is 1. The van der Waals surface area contributed by atoms with Gasteiger partial charge in [0.2, 0.25) is 5.91 Å². The summed E-state index contributed by atoms with van der Waals surface area (Å²) in [5, 5.41) is 1.29. The Morgan fingerprint density at radius 1 is 1.07 bits per heavy atom. The van der Waals surface area contributed by atoms with Crippen LogP contribution in [0.1, 0.15) is 48.5 Å². The number of aromatic nitrogens is 1. The highest BCUT2D eigenvalue weighted by Crippen LogP contribution is 2.40. The molecular formula is C25H26N2OS. The first kappa shape index (κ1) is 18.6. The average molecular weight is 403 g/mol. The first-order chi connectivity index (χ1) is 14.3. The van der Waals surface area contributed by atoms with Gasteiger partial charge in [-0.3, -0.25) is 4.79 Å². The largest absolute Gasteiger partial charge is 0.356 e. The Labute approximate surface area is 176 Å².